The number of nitrogens with zero attached hydrogens (tertiary/aromatic N) is 1. The standard InChI is InChI=1S/C22H30N2O4/c25-21(11-9-16-8-10-19-20(13-16)28-15-27-19)24-12-4-5-17(14-24)22(26)23-18-6-2-1-3-7-18/h8,10,13,17-18H,1-7,9,11-12,14-15H2,(H,23,26). The SMILES string of the molecule is O=C(NC1CCCCC1)C1CCCN(C(=O)CCc2ccc3c(c2)OCO3)C1. The molecule has 1 saturated heterocycles. The lowest BCUT2D eigenvalue weighted by Crippen LogP contribution is -2.48. The van der Waals surface area contributed by atoms with Gasteiger partial charge in [-0.1, -0.05) is 25.3 Å². The number of carbonyl (C=O) groups is 2. The Bertz CT molecular complexity index is 714. The number of aryl methyl sites for hydroxylation is 1. The lowest BCUT2D eigenvalue weighted by molar-refractivity contribution is -0.136. The number of carbonyl (C=O) groups excluding carboxylic acids is 2. The Labute approximate surface area is 166 Å². The van der Waals surface area contributed by atoms with Crippen LogP contribution in [-0.4, -0.2) is 42.6 Å². The van der Waals surface area contributed by atoms with E-state index in [1.165, 1.54) is 19.3 Å². The fourth-order valence-corrected chi connectivity index (χ4v) is 4.49. The van der Waals surface area contributed by atoms with Crippen molar-refractivity contribution in [3.63, 3.8) is 0 Å². The molecule has 6 nitrogen and oxygen atoms in total. The summed E-state index contributed by atoms with van der Waals surface area (Å²) in [4.78, 5) is 27.2. The lowest BCUT2D eigenvalue weighted by Gasteiger charge is -2.33. The number of hydrogen-bond acceptors (Lipinski definition) is 4. The number of benzene rings is 1. The zero-order valence-electron chi connectivity index (χ0n) is 16.5. The van der Waals surface area contributed by atoms with Gasteiger partial charge in [0, 0.05) is 25.6 Å². The van der Waals surface area contributed by atoms with Crippen molar-refractivity contribution >= 4 is 11.8 Å². The largest absolute Gasteiger partial charge is 0.454 e. The quantitative estimate of drug-likeness (QED) is 0.845. The first-order chi connectivity index (χ1) is 13.7. The molecule has 2 amide bonds. The molecule has 0 aromatic heterocycles. The minimum atomic E-state index is -0.0647. The van der Waals surface area contributed by atoms with Crippen molar-refractivity contribution in [3.05, 3.63) is 23.8 Å². The van der Waals surface area contributed by atoms with Gasteiger partial charge in [-0.05, 0) is 49.8 Å². The van der Waals surface area contributed by atoms with Crippen molar-refractivity contribution in [2.45, 2.75) is 63.8 Å². The third-order valence-electron chi connectivity index (χ3n) is 6.16. The fourth-order valence-electron chi connectivity index (χ4n) is 4.49. The Morgan fingerprint density at radius 1 is 1.04 bits per heavy atom. The maximum Gasteiger partial charge on any atom is 0.231 e. The summed E-state index contributed by atoms with van der Waals surface area (Å²) in [6, 6.07) is 6.16. The Morgan fingerprint density at radius 2 is 1.86 bits per heavy atom. The minimum absolute atomic E-state index is 0.0647. The van der Waals surface area contributed by atoms with E-state index in [0.29, 0.717) is 25.4 Å². The van der Waals surface area contributed by atoms with Crippen molar-refractivity contribution in [3.8, 4) is 11.5 Å². The second-order valence-corrected chi connectivity index (χ2v) is 8.21. The van der Waals surface area contributed by atoms with E-state index in [1.807, 2.05) is 23.1 Å². The average molecular weight is 386 g/mol. The Hall–Kier alpha value is -2.24. The zero-order valence-corrected chi connectivity index (χ0v) is 16.5. The molecule has 2 aliphatic heterocycles. The van der Waals surface area contributed by atoms with E-state index in [-0.39, 0.29) is 24.5 Å². The van der Waals surface area contributed by atoms with E-state index in [4.69, 9.17) is 9.47 Å². The Morgan fingerprint density at radius 3 is 2.71 bits per heavy atom. The average Bonchev–Trinajstić information content (AvgIpc) is 3.20. The summed E-state index contributed by atoms with van der Waals surface area (Å²) >= 11 is 0. The number of ether oxygens (including phenoxy) is 2. The summed E-state index contributed by atoms with van der Waals surface area (Å²) in [5.74, 6) is 1.72. The highest BCUT2D eigenvalue weighted by Crippen LogP contribution is 2.33. The summed E-state index contributed by atoms with van der Waals surface area (Å²) in [5, 5.41) is 3.23. The number of nitrogens with one attached hydrogen (secondary N) is 1. The van der Waals surface area contributed by atoms with E-state index >= 15 is 0 Å². The maximum absolute atomic E-state index is 12.7. The first-order valence-electron chi connectivity index (χ1n) is 10.7. The number of rotatable bonds is 5. The molecule has 1 atom stereocenters. The molecule has 3 aliphatic rings. The molecule has 1 saturated carbocycles. The molecule has 2 fully saturated rings. The van der Waals surface area contributed by atoms with Crippen LogP contribution in [0.5, 0.6) is 11.5 Å². The van der Waals surface area contributed by atoms with E-state index in [0.717, 1.165) is 49.3 Å². The van der Waals surface area contributed by atoms with Gasteiger partial charge in [0.15, 0.2) is 11.5 Å². The van der Waals surface area contributed by atoms with Gasteiger partial charge < -0.3 is 19.7 Å². The van der Waals surface area contributed by atoms with Crippen molar-refractivity contribution in [2.75, 3.05) is 19.9 Å². The van der Waals surface area contributed by atoms with Gasteiger partial charge in [0.1, 0.15) is 0 Å². The zero-order chi connectivity index (χ0) is 19.3. The lowest BCUT2D eigenvalue weighted by atomic mass is 9.93. The fraction of sp³-hybridized carbons (Fsp3) is 0.636. The van der Waals surface area contributed by atoms with Gasteiger partial charge in [0.2, 0.25) is 18.6 Å². The number of hydrogen-bond donors (Lipinski definition) is 1. The smallest absolute Gasteiger partial charge is 0.231 e. The summed E-state index contributed by atoms with van der Waals surface area (Å²) < 4.78 is 10.7. The molecule has 0 spiro atoms. The predicted octanol–water partition coefficient (Wildman–Crippen LogP) is 3.04. The van der Waals surface area contributed by atoms with Crippen LogP contribution in [0.4, 0.5) is 0 Å². The van der Waals surface area contributed by atoms with Crippen molar-refractivity contribution < 1.29 is 19.1 Å². The van der Waals surface area contributed by atoms with E-state index < -0.39 is 0 Å². The van der Waals surface area contributed by atoms with Gasteiger partial charge in [-0.2, -0.15) is 0 Å². The molecule has 1 N–H and O–H groups in total. The number of fused-ring (bicyclic) bond motifs is 1. The van der Waals surface area contributed by atoms with Crippen molar-refractivity contribution in [1.82, 2.24) is 10.2 Å². The van der Waals surface area contributed by atoms with Crippen LogP contribution >= 0.6 is 0 Å². The Balaban J connectivity index is 1.26. The monoisotopic (exact) mass is 386 g/mol. The first-order valence-corrected chi connectivity index (χ1v) is 10.7. The summed E-state index contributed by atoms with van der Waals surface area (Å²) in [7, 11) is 0. The molecular formula is C22H30N2O4. The molecule has 6 heteroatoms. The number of likely N-dealkylation sites (tertiary alicyclic amines) is 1. The molecule has 0 radical (unpaired) electrons. The third kappa shape index (κ3) is 4.59. The normalized spacial score (nSPS) is 22.1. The van der Waals surface area contributed by atoms with Crippen LogP contribution in [0.1, 0.15) is 56.9 Å². The van der Waals surface area contributed by atoms with Gasteiger partial charge in [-0.25, -0.2) is 0 Å². The van der Waals surface area contributed by atoms with Crippen LogP contribution in [0.25, 0.3) is 0 Å². The highest BCUT2D eigenvalue weighted by atomic mass is 16.7. The molecular weight excluding hydrogens is 356 g/mol. The van der Waals surface area contributed by atoms with Crippen LogP contribution in [0, 0.1) is 5.92 Å². The van der Waals surface area contributed by atoms with E-state index in [9.17, 15) is 9.59 Å². The second-order valence-electron chi connectivity index (χ2n) is 8.21. The third-order valence-corrected chi connectivity index (χ3v) is 6.16. The van der Waals surface area contributed by atoms with Crippen LogP contribution in [0.2, 0.25) is 0 Å². The molecule has 28 heavy (non-hydrogen) atoms. The van der Waals surface area contributed by atoms with Crippen molar-refractivity contribution in [2.24, 2.45) is 5.92 Å². The molecule has 1 aromatic rings. The van der Waals surface area contributed by atoms with Crippen LogP contribution < -0.4 is 14.8 Å². The van der Waals surface area contributed by atoms with Gasteiger partial charge in [0.05, 0.1) is 5.92 Å². The summed E-state index contributed by atoms with van der Waals surface area (Å²) in [6.45, 7) is 1.57. The van der Waals surface area contributed by atoms with Gasteiger partial charge in [-0.15, -0.1) is 0 Å². The maximum atomic E-state index is 12.7. The molecule has 4 rings (SSSR count). The second kappa shape index (κ2) is 8.84. The van der Waals surface area contributed by atoms with Crippen LogP contribution in [-0.2, 0) is 16.0 Å². The summed E-state index contributed by atoms with van der Waals surface area (Å²) in [5.41, 5.74) is 1.07. The molecule has 0 bridgehead atoms. The molecule has 2 heterocycles. The predicted molar refractivity (Wildman–Crippen MR) is 105 cm³/mol. The number of amides is 2. The van der Waals surface area contributed by atoms with Crippen LogP contribution in [0.15, 0.2) is 18.2 Å². The van der Waals surface area contributed by atoms with Gasteiger partial charge in [0.25, 0.3) is 0 Å². The van der Waals surface area contributed by atoms with Gasteiger partial charge >= 0.3 is 0 Å². The molecule has 1 aliphatic carbocycles. The van der Waals surface area contributed by atoms with E-state index in [1.54, 1.807) is 0 Å². The molecule has 1 unspecified atom stereocenters. The molecule has 1 aromatic carbocycles. The molecule has 152 valence electrons. The first kappa shape index (κ1) is 19.1. The Kier molecular flexibility index (Phi) is 6.03. The minimum Gasteiger partial charge on any atom is -0.454 e. The topological polar surface area (TPSA) is 67.9 Å². The number of piperidine rings is 1. The highest BCUT2D eigenvalue weighted by molar-refractivity contribution is 5.81. The van der Waals surface area contributed by atoms with Gasteiger partial charge in [-0.3, -0.25) is 9.59 Å². The van der Waals surface area contributed by atoms with Crippen LogP contribution in [0.3, 0.4) is 0 Å². The summed E-state index contributed by atoms with van der Waals surface area (Å²) in [6.07, 6.45) is 8.79. The van der Waals surface area contributed by atoms with Crippen molar-refractivity contribution in [1.29, 1.82) is 0 Å². The highest BCUT2D eigenvalue weighted by Gasteiger charge is 2.29. The van der Waals surface area contributed by atoms with E-state index in [2.05, 4.69) is 5.32 Å².